The topological polar surface area (TPSA) is 49.3 Å². The third-order valence-corrected chi connectivity index (χ3v) is 5.76. The fourth-order valence-corrected chi connectivity index (χ4v) is 4.33. The average molecular weight is 301 g/mol. The molecule has 0 radical (unpaired) electrons. The Balaban J connectivity index is 1.53. The van der Waals surface area contributed by atoms with Crippen molar-refractivity contribution in [3.63, 3.8) is 0 Å². The quantitative estimate of drug-likeness (QED) is 0.891. The molecule has 22 heavy (non-hydrogen) atoms. The number of hydrogen-bond donors (Lipinski definition) is 2. The minimum Gasteiger partial charge on any atom is -0.481 e. The maximum atomic E-state index is 11.0. The Bertz CT molecular complexity index is 507. The van der Waals surface area contributed by atoms with Gasteiger partial charge in [-0.15, -0.1) is 0 Å². The summed E-state index contributed by atoms with van der Waals surface area (Å²) in [6.07, 6.45) is 7.33. The summed E-state index contributed by atoms with van der Waals surface area (Å²) in [5, 5.41) is 12.9. The zero-order valence-corrected chi connectivity index (χ0v) is 13.4. The molecular formula is C19H27NO2. The third kappa shape index (κ3) is 3.35. The second kappa shape index (κ2) is 6.41. The fraction of sp³-hybridized carbons (Fsp3) is 0.632. The normalized spacial score (nSPS) is 35.4. The highest BCUT2D eigenvalue weighted by Gasteiger charge is 2.37. The maximum absolute atomic E-state index is 11.0. The van der Waals surface area contributed by atoms with Gasteiger partial charge in [-0.3, -0.25) is 4.79 Å². The first-order valence-corrected chi connectivity index (χ1v) is 8.61. The lowest BCUT2D eigenvalue weighted by Crippen LogP contribution is -2.40. The predicted molar refractivity (Wildman–Crippen MR) is 88.0 cm³/mol. The summed E-state index contributed by atoms with van der Waals surface area (Å²) in [5.41, 5.74) is 1.74. The Morgan fingerprint density at radius 2 is 1.77 bits per heavy atom. The second-order valence-corrected chi connectivity index (χ2v) is 7.42. The molecule has 1 aromatic rings. The minimum absolute atomic E-state index is 0.115. The predicted octanol–water partition coefficient (Wildman–Crippen LogP) is 3.73. The fourth-order valence-electron chi connectivity index (χ4n) is 4.33. The molecule has 3 rings (SSSR count). The lowest BCUT2D eigenvalue weighted by atomic mass is 9.80. The summed E-state index contributed by atoms with van der Waals surface area (Å²) in [6.45, 7) is 2.38. The molecule has 2 saturated carbocycles. The van der Waals surface area contributed by atoms with Crippen molar-refractivity contribution in [1.29, 1.82) is 0 Å². The molecule has 3 heteroatoms. The number of carbonyl (C=O) groups is 1. The first kappa shape index (κ1) is 15.5. The molecule has 2 aliphatic carbocycles. The largest absolute Gasteiger partial charge is 0.481 e. The lowest BCUT2D eigenvalue weighted by Gasteiger charge is -2.30. The molecule has 120 valence electrons. The Morgan fingerprint density at radius 3 is 2.41 bits per heavy atom. The molecule has 3 nitrogen and oxygen atoms in total. The van der Waals surface area contributed by atoms with Gasteiger partial charge in [0.05, 0.1) is 5.92 Å². The highest BCUT2D eigenvalue weighted by Crippen LogP contribution is 2.41. The van der Waals surface area contributed by atoms with Crippen molar-refractivity contribution >= 4 is 5.97 Å². The number of nitrogens with one attached hydrogen (secondary N) is 1. The summed E-state index contributed by atoms with van der Waals surface area (Å²) >= 11 is 0. The molecule has 2 aliphatic rings. The van der Waals surface area contributed by atoms with Crippen LogP contribution in [-0.4, -0.2) is 23.2 Å². The zero-order valence-electron chi connectivity index (χ0n) is 13.4. The SMILES string of the molecule is CC1(c2ccccc2)CCC(NC2CCC(C(=O)O)CC2)C1. The van der Waals surface area contributed by atoms with Crippen LogP contribution in [0.25, 0.3) is 0 Å². The van der Waals surface area contributed by atoms with Crippen LogP contribution in [0.4, 0.5) is 0 Å². The van der Waals surface area contributed by atoms with Crippen molar-refractivity contribution in [1.82, 2.24) is 5.32 Å². The molecule has 0 heterocycles. The van der Waals surface area contributed by atoms with Gasteiger partial charge in [-0.25, -0.2) is 0 Å². The van der Waals surface area contributed by atoms with Crippen LogP contribution in [0, 0.1) is 5.92 Å². The van der Waals surface area contributed by atoms with E-state index in [1.807, 2.05) is 0 Å². The molecule has 0 aromatic heterocycles. The molecule has 2 unspecified atom stereocenters. The molecule has 0 spiro atoms. The standard InChI is InChI=1S/C19H27NO2/c1-19(15-5-3-2-4-6-15)12-11-17(13-19)20-16-9-7-14(8-10-16)18(21)22/h2-6,14,16-17,20H,7-13H2,1H3,(H,21,22). The summed E-state index contributed by atoms with van der Waals surface area (Å²) in [6, 6.07) is 11.9. The van der Waals surface area contributed by atoms with Gasteiger partial charge < -0.3 is 10.4 Å². The van der Waals surface area contributed by atoms with Crippen molar-refractivity contribution in [2.45, 2.75) is 69.4 Å². The van der Waals surface area contributed by atoms with E-state index < -0.39 is 5.97 Å². The zero-order chi connectivity index (χ0) is 15.6. The molecule has 2 N–H and O–H groups in total. The van der Waals surface area contributed by atoms with Crippen LogP contribution < -0.4 is 5.32 Å². The van der Waals surface area contributed by atoms with Gasteiger partial charge in [-0.1, -0.05) is 37.3 Å². The van der Waals surface area contributed by atoms with Crippen LogP contribution >= 0.6 is 0 Å². The molecule has 0 aliphatic heterocycles. The summed E-state index contributed by atoms with van der Waals surface area (Å²) in [7, 11) is 0. The molecule has 1 aromatic carbocycles. The Morgan fingerprint density at radius 1 is 1.09 bits per heavy atom. The van der Waals surface area contributed by atoms with Crippen molar-refractivity contribution in [2.75, 3.05) is 0 Å². The van der Waals surface area contributed by atoms with E-state index in [0.717, 1.165) is 25.7 Å². The van der Waals surface area contributed by atoms with Gasteiger partial charge in [-0.2, -0.15) is 0 Å². The van der Waals surface area contributed by atoms with E-state index in [4.69, 9.17) is 5.11 Å². The van der Waals surface area contributed by atoms with Gasteiger partial charge in [0.2, 0.25) is 0 Å². The van der Waals surface area contributed by atoms with Gasteiger partial charge in [-0.05, 0) is 55.9 Å². The minimum atomic E-state index is -0.615. The summed E-state index contributed by atoms with van der Waals surface area (Å²) in [5.74, 6) is -0.729. The van der Waals surface area contributed by atoms with Crippen molar-refractivity contribution in [3.05, 3.63) is 35.9 Å². The number of carboxylic acid groups (broad SMARTS) is 1. The molecule has 0 amide bonds. The Kier molecular flexibility index (Phi) is 4.53. The molecule has 0 saturated heterocycles. The van der Waals surface area contributed by atoms with E-state index in [1.54, 1.807) is 0 Å². The van der Waals surface area contributed by atoms with E-state index >= 15 is 0 Å². The monoisotopic (exact) mass is 301 g/mol. The molecule has 2 atom stereocenters. The lowest BCUT2D eigenvalue weighted by molar-refractivity contribution is -0.142. The van der Waals surface area contributed by atoms with Crippen molar-refractivity contribution in [3.8, 4) is 0 Å². The number of carboxylic acids is 1. The highest BCUT2D eigenvalue weighted by atomic mass is 16.4. The third-order valence-electron chi connectivity index (χ3n) is 5.76. The molecule has 0 bridgehead atoms. The van der Waals surface area contributed by atoms with Crippen molar-refractivity contribution < 1.29 is 9.90 Å². The van der Waals surface area contributed by atoms with Gasteiger partial charge in [0, 0.05) is 12.1 Å². The highest BCUT2D eigenvalue weighted by molar-refractivity contribution is 5.70. The Hall–Kier alpha value is -1.35. The van der Waals surface area contributed by atoms with Gasteiger partial charge in [0.15, 0.2) is 0 Å². The van der Waals surface area contributed by atoms with Crippen LogP contribution in [0.15, 0.2) is 30.3 Å². The summed E-state index contributed by atoms with van der Waals surface area (Å²) < 4.78 is 0. The first-order valence-electron chi connectivity index (χ1n) is 8.61. The van der Waals surface area contributed by atoms with Crippen LogP contribution in [0.2, 0.25) is 0 Å². The number of hydrogen-bond acceptors (Lipinski definition) is 2. The average Bonchev–Trinajstić information content (AvgIpc) is 2.91. The molecular weight excluding hydrogens is 274 g/mol. The smallest absolute Gasteiger partial charge is 0.306 e. The Labute approximate surface area is 133 Å². The van der Waals surface area contributed by atoms with E-state index in [0.29, 0.717) is 12.1 Å². The first-order chi connectivity index (χ1) is 10.6. The van der Waals surface area contributed by atoms with Gasteiger partial charge in [0.25, 0.3) is 0 Å². The summed E-state index contributed by atoms with van der Waals surface area (Å²) in [4.78, 5) is 11.0. The van der Waals surface area contributed by atoms with Gasteiger partial charge in [0.1, 0.15) is 0 Å². The van der Waals surface area contributed by atoms with Gasteiger partial charge >= 0.3 is 5.97 Å². The van der Waals surface area contributed by atoms with E-state index in [9.17, 15) is 4.79 Å². The van der Waals surface area contributed by atoms with E-state index in [-0.39, 0.29) is 11.3 Å². The number of aliphatic carboxylic acids is 1. The second-order valence-electron chi connectivity index (χ2n) is 7.42. The van der Waals surface area contributed by atoms with Crippen LogP contribution in [0.1, 0.15) is 57.4 Å². The number of benzene rings is 1. The van der Waals surface area contributed by atoms with Crippen LogP contribution in [-0.2, 0) is 10.2 Å². The molecule has 2 fully saturated rings. The maximum Gasteiger partial charge on any atom is 0.306 e. The van der Waals surface area contributed by atoms with E-state index in [2.05, 4.69) is 42.6 Å². The van der Waals surface area contributed by atoms with Crippen LogP contribution in [0.3, 0.4) is 0 Å². The van der Waals surface area contributed by atoms with Crippen molar-refractivity contribution in [2.24, 2.45) is 5.92 Å². The van der Waals surface area contributed by atoms with E-state index in [1.165, 1.54) is 24.8 Å². The van der Waals surface area contributed by atoms with Crippen LogP contribution in [0.5, 0.6) is 0 Å². The number of rotatable bonds is 4.